The summed E-state index contributed by atoms with van der Waals surface area (Å²) < 4.78 is 6.18. The van der Waals surface area contributed by atoms with Crippen molar-refractivity contribution in [1.82, 2.24) is 9.97 Å². The zero-order chi connectivity index (χ0) is 17.1. The molecule has 0 unspecified atom stereocenters. The lowest BCUT2D eigenvalue weighted by molar-refractivity contribution is -0.697. The van der Waals surface area contributed by atoms with E-state index in [-0.39, 0.29) is 12.3 Å². The Balaban J connectivity index is 1.55. The van der Waals surface area contributed by atoms with Crippen molar-refractivity contribution in [1.29, 1.82) is 0 Å². The summed E-state index contributed by atoms with van der Waals surface area (Å²) in [5.41, 5.74) is 4.46. The Morgan fingerprint density at radius 1 is 1.17 bits per heavy atom. The van der Waals surface area contributed by atoms with Gasteiger partial charge in [-0.1, -0.05) is 11.8 Å². The Morgan fingerprint density at radius 3 is 2.46 bits per heavy atom. The van der Waals surface area contributed by atoms with Crippen molar-refractivity contribution in [3.05, 3.63) is 47.3 Å². The van der Waals surface area contributed by atoms with Gasteiger partial charge in [0.1, 0.15) is 12.6 Å². The molecule has 0 bridgehead atoms. The predicted octanol–water partition coefficient (Wildman–Crippen LogP) is 1.91. The predicted molar refractivity (Wildman–Crippen MR) is 97.4 cm³/mol. The van der Waals surface area contributed by atoms with Crippen molar-refractivity contribution in [3.63, 3.8) is 0 Å². The first-order chi connectivity index (χ1) is 11.5. The van der Waals surface area contributed by atoms with Gasteiger partial charge in [-0.2, -0.15) is 0 Å². The van der Waals surface area contributed by atoms with Gasteiger partial charge in [-0.05, 0) is 44.2 Å². The van der Waals surface area contributed by atoms with E-state index in [0.29, 0.717) is 0 Å². The first kappa shape index (κ1) is 17.2. The molecule has 5 nitrogen and oxygen atoms in total. The molecule has 1 fully saturated rings. The zero-order valence-corrected chi connectivity index (χ0v) is 15.5. The molecule has 6 heteroatoms. The molecule has 2 atom stereocenters. The van der Waals surface area contributed by atoms with Gasteiger partial charge in [-0.25, -0.2) is 9.97 Å². The average molecular weight is 345 g/mol. The third kappa shape index (κ3) is 4.26. The van der Waals surface area contributed by atoms with Gasteiger partial charge in [0, 0.05) is 42.5 Å². The number of nitrogens with zero attached hydrogens (tertiary/aromatic N) is 3. The van der Waals surface area contributed by atoms with Gasteiger partial charge in [0.05, 0.1) is 0 Å². The molecule has 0 aliphatic carbocycles. The lowest BCUT2D eigenvalue weighted by Crippen LogP contribution is -2.82. The smallest absolute Gasteiger partial charge is 0.217 e. The van der Waals surface area contributed by atoms with E-state index >= 15 is 0 Å². The largest absolute Gasteiger partial charge is 0.378 e. The number of ether oxygens (including phenoxy) is 1. The molecular weight excluding hydrogens is 320 g/mol. The van der Waals surface area contributed by atoms with E-state index in [1.165, 1.54) is 11.3 Å². The molecule has 3 rings (SSSR count). The zero-order valence-electron chi connectivity index (χ0n) is 14.7. The third-order valence-electron chi connectivity index (χ3n) is 4.05. The molecule has 0 spiro atoms. The van der Waals surface area contributed by atoms with Crippen LogP contribution in [0, 0.1) is 13.8 Å². The summed E-state index contributed by atoms with van der Waals surface area (Å²) in [6.07, 6.45) is 0.310. The molecule has 0 amide bonds. The second-order valence-electron chi connectivity index (χ2n) is 6.38. The van der Waals surface area contributed by atoms with Gasteiger partial charge in [-0.15, -0.1) is 0 Å². The highest BCUT2D eigenvalue weighted by atomic mass is 32.2. The van der Waals surface area contributed by atoms with Crippen LogP contribution in [-0.2, 0) is 4.74 Å². The fourth-order valence-electron chi connectivity index (χ4n) is 2.80. The molecule has 1 aliphatic rings. The van der Waals surface area contributed by atoms with Crippen molar-refractivity contribution in [2.45, 2.75) is 31.3 Å². The summed E-state index contributed by atoms with van der Waals surface area (Å²) >= 11 is 1.68. The molecule has 1 saturated heterocycles. The Labute approximate surface area is 147 Å². The molecule has 24 heavy (non-hydrogen) atoms. The van der Waals surface area contributed by atoms with Crippen molar-refractivity contribution in [3.8, 4) is 0 Å². The van der Waals surface area contributed by atoms with Crippen LogP contribution in [0.1, 0.15) is 23.2 Å². The van der Waals surface area contributed by atoms with Crippen molar-refractivity contribution < 1.29 is 10.1 Å². The van der Waals surface area contributed by atoms with Crippen molar-refractivity contribution >= 4 is 17.4 Å². The minimum Gasteiger partial charge on any atom is -0.378 e. The van der Waals surface area contributed by atoms with Gasteiger partial charge in [0.2, 0.25) is 6.23 Å². The number of aryl methyl sites for hydroxylation is 2. The van der Waals surface area contributed by atoms with E-state index in [9.17, 15) is 0 Å². The Bertz CT molecular complexity index is 670. The number of thioether (sulfide) groups is 1. The van der Waals surface area contributed by atoms with Crippen LogP contribution >= 0.6 is 11.8 Å². The molecule has 0 saturated carbocycles. The second-order valence-corrected chi connectivity index (χ2v) is 7.37. The first-order valence-corrected chi connectivity index (χ1v) is 9.21. The van der Waals surface area contributed by atoms with Crippen LogP contribution in [0.5, 0.6) is 0 Å². The highest BCUT2D eigenvalue weighted by Gasteiger charge is 2.30. The molecule has 1 aromatic carbocycles. The van der Waals surface area contributed by atoms with Crippen LogP contribution in [0.3, 0.4) is 0 Å². The Morgan fingerprint density at radius 2 is 1.83 bits per heavy atom. The van der Waals surface area contributed by atoms with Crippen LogP contribution in [0.4, 0.5) is 5.69 Å². The lowest BCUT2D eigenvalue weighted by Gasteiger charge is -2.14. The molecule has 2 heterocycles. The Kier molecular flexibility index (Phi) is 5.38. The van der Waals surface area contributed by atoms with Crippen LogP contribution in [0.15, 0.2) is 35.5 Å². The summed E-state index contributed by atoms with van der Waals surface area (Å²) in [5.74, 6) is 0.881. The summed E-state index contributed by atoms with van der Waals surface area (Å²) in [4.78, 5) is 11.1. The maximum atomic E-state index is 6.18. The van der Waals surface area contributed by atoms with E-state index in [1.54, 1.807) is 11.8 Å². The standard InChI is InChI=1S/C18H24N4OS/c1-12-9-13(2)21-18(20-12)24-11-16-10-19-17(23-16)14-5-7-15(8-6-14)22(3)4/h5-9,16-17,19H,10-11H2,1-4H3/p+1/t16-,17-/m1/s1. The maximum absolute atomic E-state index is 6.18. The number of rotatable bonds is 5. The number of anilines is 1. The van der Waals surface area contributed by atoms with Crippen LogP contribution < -0.4 is 10.2 Å². The number of aromatic nitrogens is 2. The monoisotopic (exact) mass is 345 g/mol. The first-order valence-electron chi connectivity index (χ1n) is 8.22. The van der Waals surface area contributed by atoms with Gasteiger partial charge in [0.15, 0.2) is 5.16 Å². The average Bonchev–Trinajstić information content (AvgIpc) is 3.01. The highest BCUT2D eigenvalue weighted by Crippen LogP contribution is 2.23. The SMILES string of the molecule is Cc1cc(C)nc(SC[C@H]2C[NH2+][C@@H](c3ccc(N(C)C)cc3)O2)n1. The minimum absolute atomic E-state index is 0.0898. The van der Waals surface area contributed by atoms with Gasteiger partial charge in [0.25, 0.3) is 0 Å². The summed E-state index contributed by atoms with van der Waals surface area (Å²) in [5, 5.41) is 3.10. The fraction of sp³-hybridized carbons (Fsp3) is 0.444. The quantitative estimate of drug-likeness (QED) is 0.663. The normalized spacial score (nSPS) is 20.3. The van der Waals surface area contributed by atoms with Crippen LogP contribution in [0.25, 0.3) is 0 Å². The van der Waals surface area contributed by atoms with Crippen LogP contribution in [0.2, 0.25) is 0 Å². The van der Waals surface area contributed by atoms with E-state index in [4.69, 9.17) is 4.74 Å². The molecule has 1 aliphatic heterocycles. The van der Waals surface area contributed by atoms with Crippen molar-refractivity contribution in [2.75, 3.05) is 31.3 Å². The second kappa shape index (κ2) is 7.51. The summed E-state index contributed by atoms with van der Waals surface area (Å²) in [7, 11) is 4.10. The van der Waals surface area contributed by atoms with E-state index < -0.39 is 0 Å². The summed E-state index contributed by atoms with van der Waals surface area (Å²) in [6, 6.07) is 10.6. The molecule has 128 valence electrons. The van der Waals surface area contributed by atoms with E-state index in [0.717, 1.165) is 28.8 Å². The van der Waals surface area contributed by atoms with Gasteiger partial charge >= 0.3 is 0 Å². The number of hydrogen-bond donors (Lipinski definition) is 1. The number of nitrogens with two attached hydrogens (primary N) is 1. The number of benzene rings is 1. The van der Waals surface area contributed by atoms with Gasteiger partial charge < -0.3 is 15.0 Å². The van der Waals surface area contributed by atoms with Gasteiger partial charge in [-0.3, -0.25) is 0 Å². The van der Waals surface area contributed by atoms with E-state index in [2.05, 4.69) is 58.5 Å². The fourth-order valence-corrected chi connectivity index (χ4v) is 3.77. The molecule has 0 radical (unpaired) electrons. The number of hydrogen-bond acceptors (Lipinski definition) is 5. The van der Waals surface area contributed by atoms with Crippen LogP contribution in [-0.4, -0.2) is 42.5 Å². The van der Waals surface area contributed by atoms with E-state index in [1.807, 2.05) is 19.9 Å². The highest BCUT2D eigenvalue weighted by molar-refractivity contribution is 7.99. The van der Waals surface area contributed by atoms with Crippen molar-refractivity contribution in [2.24, 2.45) is 0 Å². The topological polar surface area (TPSA) is 54.9 Å². The lowest BCUT2D eigenvalue weighted by atomic mass is 10.2. The third-order valence-corrected chi connectivity index (χ3v) is 5.03. The molecule has 1 aromatic heterocycles. The molecule has 2 N–H and O–H groups in total. The number of quaternary nitrogens is 1. The molecular formula is C18H25N4OS+. The molecule has 2 aromatic rings. The maximum Gasteiger partial charge on any atom is 0.217 e. The minimum atomic E-state index is 0.0898. The Hall–Kier alpha value is -1.63. The summed E-state index contributed by atoms with van der Waals surface area (Å²) in [6.45, 7) is 4.98.